The number of hydrogen-bond acceptors (Lipinski definition) is 4. The molecule has 132 valence electrons. The van der Waals surface area contributed by atoms with E-state index in [-0.39, 0.29) is 23.6 Å². The highest BCUT2D eigenvalue weighted by atomic mass is 16.2. The number of hydrogen-bond donors (Lipinski definition) is 2. The van der Waals surface area contributed by atoms with Crippen LogP contribution in [0.25, 0.3) is 0 Å². The molecule has 4 amide bonds. The molecular weight excluding hydrogens is 312 g/mol. The molecule has 3 aliphatic heterocycles. The summed E-state index contributed by atoms with van der Waals surface area (Å²) in [6, 6.07) is 0. The predicted molar refractivity (Wildman–Crippen MR) is 84.6 cm³/mol. The van der Waals surface area contributed by atoms with Crippen molar-refractivity contribution in [1.82, 2.24) is 20.4 Å². The molecular formula is C16H24N4O4. The molecule has 3 rings (SSSR count). The molecule has 24 heavy (non-hydrogen) atoms. The minimum atomic E-state index is -0.592. The zero-order valence-corrected chi connectivity index (χ0v) is 13.8. The Balaban J connectivity index is 1.53. The molecule has 0 saturated carbocycles. The summed E-state index contributed by atoms with van der Waals surface area (Å²) in [5, 5.41) is 5.46. The third-order valence-electron chi connectivity index (χ3n) is 5.07. The van der Waals surface area contributed by atoms with E-state index >= 15 is 0 Å². The van der Waals surface area contributed by atoms with E-state index in [1.165, 1.54) is 0 Å². The van der Waals surface area contributed by atoms with E-state index in [1.807, 2.05) is 0 Å². The first-order valence-corrected chi connectivity index (χ1v) is 8.71. The van der Waals surface area contributed by atoms with Crippen molar-refractivity contribution in [1.29, 1.82) is 0 Å². The van der Waals surface area contributed by atoms with Gasteiger partial charge in [-0.05, 0) is 25.7 Å². The molecule has 3 saturated heterocycles. The van der Waals surface area contributed by atoms with E-state index in [2.05, 4.69) is 10.6 Å². The molecule has 8 nitrogen and oxygen atoms in total. The summed E-state index contributed by atoms with van der Waals surface area (Å²) in [7, 11) is 0. The number of rotatable bonds is 2. The lowest BCUT2D eigenvalue weighted by Crippen LogP contribution is -2.56. The lowest BCUT2D eigenvalue weighted by atomic mass is 9.96. The molecule has 0 unspecified atom stereocenters. The molecule has 0 radical (unpaired) electrons. The SMILES string of the molecule is O=C1NCCC[C@H]1C(=O)N1CCN(C(=O)[C@@H]2CCCNC2=O)CC1. The van der Waals surface area contributed by atoms with E-state index < -0.39 is 11.8 Å². The molecule has 0 bridgehead atoms. The highest BCUT2D eigenvalue weighted by molar-refractivity contribution is 6.02. The maximum atomic E-state index is 12.5. The van der Waals surface area contributed by atoms with E-state index in [9.17, 15) is 19.2 Å². The van der Waals surface area contributed by atoms with Crippen LogP contribution in [0.1, 0.15) is 25.7 Å². The Morgan fingerprint density at radius 1 is 0.750 bits per heavy atom. The zero-order chi connectivity index (χ0) is 17.1. The van der Waals surface area contributed by atoms with Gasteiger partial charge in [0, 0.05) is 39.3 Å². The number of piperazine rings is 1. The molecule has 3 aliphatic rings. The fourth-order valence-corrected chi connectivity index (χ4v) is 3.60. The second-order valence-electron chi connectivity index (χ2n) is 6.62. The van der Waals surface area contributed by atoms with E-state index in [1.54, 1.807) is 9.80 Å². The topological polar surface area (TPSA) is 98.8 Å². The second kappa shape index (κ2) is 7.19. The van der Waals surface area contributed by atoms with Crippen LogP contribution in [0.15, 0.2) is 0 Å². The molecule has 2 N–H and O–H groups in total. The first-order chi connectivity index (χ1) is 11.6. The van der Waals surface area contributed by atoms with Crippen molar-refractivity contribution in [3.8, 4) is 0 Å². The van der Waals surface area contributed by atoms with Crippen molar-refractivity contribution >= 4 is 23.6 Å². The normalized spacial score (nSPS) is 28.2. The largest absolute Gasteiger partial charge is 0.355 e. The number of amides is 4. The van der Waals surface area contributed by atoms with Gasteiger partial charge in [0.1, 0.15) is 11.8 Å². The van der Waals surface area contributed by atoms with Crippen LogP contribution in [0.2, 0.25) is 0 Å². The Bertz CT molecular complexity index is 494. The Hall–Kier alpha value is -2.12. The molecule has 0 aliphatic carbocycles. The van der Waals surface area contributed by atoms with Crippen LogP contribution in [0.5, 0.6) is 0 Å². The molecule has 3 heterocycles. The van der Waals surface area contributed by atoms with Crippen molar-refractivity contribution in [2.24, 2.45) is 11.8 Å². The van der Waals surface area contributed by atoms with Gasteiger partial charge in [-0.3, -0.25) is 19.2 Å². The lowest BCUT2D eigenvalue weighted by Gasteiger charge is -2.38. The van der Waals surface area contributed by atoms with Gasteiger partial charge in [-0.25, -0.2) is 0 Å². The summed E-state index contributed by atoms with van der Waals surface area (Å²) in [4.78, 5) is 52.0. The van der Waals surface area contributed by atoms with Gasteiger partial charge in [0.2, 0.25) is 23.6 Å². The van der Waals surface area contributed by atoms with Gasteiger partial charge in [-0.1, -0.05) is 0 Å². The molecule has 2 atom stereocenters. The Morgan fingerprint density at radius 3 is 1.46 bits per heavy atom. The minimum Gasteiger partial charge on any atom is -0.355 e. The van der Waals surface area contributed by atoms with Crippen molar-refractivity contribution in [3.05, 3.63) is 0 Å². The van der Waals surface area contributed by atoms with Gasteiger partial charge in [0.25, 0.3) is 0 Å². The number of nitrogens with zero attached hydrogens (tertiary/aromatic N) is 2. The Kier molecular flexibility index (Phi) is 5.01. The van der Waals surface area contributed by atoms with E-state index in [4.69, 9.17) is 0 Å². The number of carbonyl (C=O) groups excluding carboxylic acids is 4. The lowest BCUT2D eigenvalue weighted by molar-refractivity contribution is -0.151. The number of carbonyl (C=O) groups is 4. The smallest absolute Gasteiger partial charge is 0.235 e. The van der Waals surface area contributed by atoms with Crippen molar-refractivity contribution in [2.75, 3.05) is 39.3 Å². The molecule has 0 spiro atoms. The fourth-order valence-electron chi connectivity index (χ4n) is 3.60. The van der Waals surface area contributed by atoms with Gasteiger partial charge in [-0.2, -0.15) is 0 Å². The van der Waals surface area contributed by atoms with Gasteiger partial charge in [0.05, 0.1) is 0 Å². The summed E-state index contributed by atoms with van der Waals surface area (Å²) in [5.41, 5.74) is 0. The molecule has 8 heteroatoms. The quantitative estimate of drug-likeness (QED) is 0.613. The van der Waals surface area contributed by atoms with Gasteiger partial charge in [-0.15, -0.1) is 0 Å². The van der Waals surface area contributed by atoms with Crippen LogP contribution in [0.3, 0.4) is 0 Å². The molecule has 0 aromatic heterocycles. The molecule has 0 aromatic carbocycles. The third-order valence-corrected chi connectivity index (χ3v) is 5.07. The van der Waals surface area contributed by atoms with E-state index in [0.29, 0.717) is 52.1 Å². The summed E-state index contributed by atoms with van der Waals surface area (Å²) in [6.45, 7) is 2.94. The van der Waals surface area contributed by atoms with Gasteiger partial charge < -0.3 is 20.4 Å². The van der Waals surface area contributed by atoms with Crippen LogP contribution >= 0.6 is 0 Å². The first kappa shape index (κ1) is 16.7. The number of piperidine rings is 2. The van der Waals surface area contributed by atoms with Crippen LogP contribution in [0.4, 0.5) is 0 Å². The molecule has 0 aromatic rings. The second-order valence-corrected chi connectivity index (χ2v) is 6.62. The average Bonchev–Trinajstić information content (AvgIpc) is 2.61. The number of nitrogens with one attached hydrogen (secondary N) is 2. The standard InChI is InChI=1S/C16H24N4O4/c21-13-11(3-1-5-17-13)15(23)19-7-9-20(10-8-19)16(24)12-4-2-6-18-14(12)22/h11-12H,1-10H2,(H,17,21)(H,18,22)/t11-,12-/m1/s1. The van der Waals surface area contributed by atoms with Gasteiger partial charge in [0.15, 0.2) is 0 Å². The van der Waals surface area contributed by atoms with E-state index in [0.717, 1.165) is 12.8 Å². The molecule has 3 fully saturated rings. The summed E-state index contributed by atoms with van der Waals surface area (Å²) in [6.07, 6.45) is 2.81. The summed E-state index contributed by atoms with van der Waals surface area (Å²) >= 11 is 0. The van der Waals surface area contributed by atoms with Crippen LogP contribution < -0.4 is 10.6 Å². The van der Waals surface area contributed by atoms with Crippen molar-refractivity contribution in [3.63, 3.8) is 0 Å². The highest BCUT2D eigenvalue weighted by Crippen LogP contribution is 2.19. The Morgan fingerprint density at radius 2 is 1.12 bits per heavy atom. The summed E-state index contributed by atoms with van der Waals surface area (Å²) < 4.78 is 0. The fraction of sp³-hybridized carbons (Fsp3) is 0.750. The van der Waals surface area contributed by atoms with Crippen molar-refractivity contribution < 1.29 is 19.2 Å². The zero-order valence-electron chi connectivity index (χ0n) is 13.8. The van der Waals surface area contributed by atoms with Crippen LogP contribution in [-0.4, -0.2) is 72.7 Å². The van der Waals surface area contributed by atoms with Crippen LogP contribution in [-0.2, 0) is 19.2 Å². The monoisotopic (exact) mass is 336 g/mol. The van der Waals surface area contributed by atoms with Gasteiger partial charge >= 0.3 is 0 Å². The minimum absolute atomic E-state index is 0.144. The maximum Gasteiger partial charge on any atom is 0.235 e. The van der Waals surface area contributed by atoms with Crippen LogP contribution in [0, 0.1) is 11.8 Å². The highest BCUT2D eigenvalue weighted by Gasteiger charge is 2.37. The predicted octanol–water partition coefficient (Wildman–Crippen LogP) is -1.29. The average molecular weight is 336 g/mol. The first-order valence-electron chi connectivity index (χ1n) is 8.71. The Labute approximate surface area is 140 Å². The summed E-state index contributed by atoms with van der Waals surface area (Å²) in [5.74, 6) is -1.85. The van der Waals surface area contributed by atoms with Crippen molar-refractivity contribution in [2.45, 2.75) is 25.7 Å². The third kappa shape index (κ3) is 3.37. The maximum absolute atomic E-state index is 12.5.